The van der Waals surface area contributed by atoms with Gasteiger partial charge in [-0.15, -0.1) is 0 Å². The molecule has 0 aliphatic heterocycles. The number of pyridine rings is 1. The Morgan fingerprint density at radius 1 is 1.03 bits per heavy atom. The molecule has 2 N–H and O–H groups in total. The van der Waals surface area contributed by atoms with Crippen LogP contribution in [0.1, 0.15) is 38.2 Å². The maximum atomic E-state index is 13.9. The van der Waals surface area contributed by atoms with E-state index in [4.69, 9.17) is 9.97 Å². The Bertz CT molecular complexity index is 1290. The van der Waals surface area contributed by atoms with E-state index < -0.39 is 0 Å². The first-order valence-electron chi connectivity index (χ1n) is 11.2. The number of benzene rings is 1. The standard InChI is InChI=1S/C25H26FN5/c1-13-3-8-18-21(9-13)29-25(20-12-28-23-19(20)10-17(26)11-27-23)31-24(18)30-22-14(2)15-4-6-16(22)7-5-15/h3,8-12,14-16,22H,4-7H2,1-2H3,(H,27,28)(H,29,30,31). The number of halogens is 1. The second-order valence-corrected chi connectivity index (χ2v) is 9.37. The normalized spacial score (nSPS) is 25.4. The lowest BCUT2D eigenvalue weighted by atomic mass is 9.62. The summed E-state index contributed by atoms with van der Waals surface area (Å²) in [5, 5.41) is 5.57. The fraction of sp³-hybridized carbons (Fsp3) is 0.400. The molecule has 31 heavy (non-hydrogen) atoms. The highest BCUT2D eigenvalue weighted by atomic mass is 19.1. The van der Waals surface area contributed by atoms with Crippen molar-refractivity contribution in [3.8, 4) is 11.4 Å². The van der Waals surface area contributed by atoms with Crippen molar-refractivity contribution in [1.29, 1.82) is 0 Å². The zero-order valence-corrected chi connectivity index (χ0v) is 17.8. The zero-order chi connectivity index (χ0) is 21.1. The number of H-pyrrole nitrogens is 1. The van der Waals surface area contributed by atoms with Crippen LogP contribution in [0.15, 0.2) is 36.7 Å². The second-order valence-electron chi connectivity index (χ2n) is 9.37. The van der Waals surface area contributed by atoms with Gasteiger partial charge in [0.25, 0.3) is 0 Å². The monoisotopic (exact) mass is 415 g/mol. The Kier molecular flexibility index (Phi) is 4.23. The number of hydrogen-bond donors (Lipinski definition) is 2. The Labute approximate surface area is 180 Å². The minimum Gasteiger partial charge on any atom is -0.366 e. The number of aromatic nitrogens is 4. The number of aromatic amines is 1. The SMILES string of the molecule is Cc1ccc2c(NC3C4CCC(CC4)C3C)nc(-c3c[nH]c4ncc(F)cc34)nc2c1. The lowest BCUT2D eigenvalue weighted by Gasteiger charge is -2.47. The van der Waals surface area contributed by atoms with Gasteiger partial charge in [-0.1, -0.05) is 13.0 Å². The number of rotatable bonds is 3. The summed E-state index contributed by atoms with van der Waals surface area (Å²) in [4.78, 5) is 17.1. The van der Waals surface area contributed by atoms with E-state index in [0.29, 0.717) is 34.7 Å². The van der Waals surface area contributed by atoms with Gasteiger partial charge < -0.3 is 10.3 Å². The van der Waals surface area contributed by atoms with Gasteiger partial charge in [0.15, 0.2) is 5.82 Å². The Balaban J connectivity index is 1.50. The van der Waals surface area contributed by atoms with Gasteiger partial charge in [-0.25, -0.2) is 19.3 Å². The molecule has 3 aromatic heterocycles. The zero-order valence-electron chi connectivity index (χ0n) is 17.8. The van der Waals surface area contributed by atoms with Crippen LogP contribution < -0.4 is 5.32 Å². The topological polar surface area (TPSA) is 66.5 Å². The Hall–Kier alpha value is -3.02. The predicted octanol–water partition coefficient (Wildman–Crippen LogP) is 5.86. The molecule has 3 fully saturated rings. The van der Waals surface area contributed by atoms with Crippen LogP contribution >= 0.6 is 0 Å². The summed E-state index contributed by atoms with van der Waals surface area (Å²) in [5.74, 6) is 3.24. The quantitative estimate of drug-likeness (QED) is 0.440. The molecular weight excluding hydrogens is 389 g/mol. The molecule has 1 aromatic carbocycles. The van der Waals surface area contributed by atoms with Crippen LogP contribution in [0.2, 0.25) is 0 Å². The molecule has 6 heteroatoms. The van der Waals surface area contributed by atoms with Gasteiger partial charge in [0, 0.05) is 28.6 Å². The van der Waals surface area contributed by atoms with Crippen LogP contribution in [0, 0.1) is 30.5 Å². The summed E-state index contributed by atoms with van der Waals surface area (Å²) >= 11 is 0. The van der Waals surface area contributed by atoms with E-state index in [1.807, 2.05) is 6.20 Å². The summed E-state index contributed by atoms with van der Waals surface area (Å²) in [6, 6.07) is 8.24. The van der Waals surface area contributed by atoms with Gasteiger partial charge in [0.1, 0.15) is 17.3 Å². The first-order chi connectivity index (χ1) is 15.1. The van der Waals surface area contributed by atoms with Crippen molar-refractivity contribution in [1.82, 2.24) is 19.9 Å². The molecule has 0 saturated heterocycles. The minimum atomic E-state index is -0.365. The molecule has 3 aliphatic rings. The highest BCUT2D eigenvalue weighted by molar-refractivity contribution is 5.95. The summed E-state index contributed by atoms with van der Waals surface area (Å²) in [6.45, 7) is 4.46. The largest absolute Gasteiger partial charge is 0.366 e. The van der Waals surface area contributed by atoms with Gasteiger partial charge in [-0.05, 0) is 74.1 Å². The van der Waals surface area contributed by atoms with Crippen molar-refractivity contribution < 1.29 is 4.39 Å². The molecule has 0 spiro atoms. The van der Waals surface area contributed by atoms with Crippen molar-refractivity contribution in [2.75, 3.05) is 5.32 Å². The summed E-state index contributed by atoms with van der Waals surface area (Å²) in [7, 11) is 0. The maximum Gasteiger partial charge on any atom is 0.164 e. The van der Waals surface area contributed by atoms with Crippen LogP contribution in [-0.2, 0) is 0 Å². The fourth-order valence-electron chi connectivity index (χ4n) is 5.79. The molecule has 4 aromatic rings. The molecule has 158 valence electrons. The third-order valence-corrected chi connectivity index (χ3v) is 7.53. The van der Waals surface area contributed by atoms with E-state index in [1.165, 1.54) is 37.9 Å². The van der Waals surface area contributed by atoms with Crippen LogP contribution in [0.3, 0.4) is 0 Å². The number of anilines is 1. The predicted molar refractivity (Wildman–Crippen MR) is 121 cm³/mol. The van der Waals surface area contributed by atoms with Crippen LogP contribution in [0.4, 0.5) is 10.2 Å². The van der Waals surface area contributed by atoms with Crippen molar-refractivity contribution >= 4 is 27.8 Å². The van der Waals surface area contributed by atoms with Crippen molar-refractivity contribution in [3.63, 3.8) is 0 Å². The van der Waals surface area contributed by atoms with E-state index in [-0.39, 0.29) is 5.82 Å². The van der Waals surface area contributed by atoms with Crippen molar-refractivity contribution in [2.24, 2.45) is 17.8 Å². The number of nitrogens with zero attached hydrogens (tertiary/aromatic N) is 3. The van der Waals surface area contributed by atoms with Crippen LogP contribution in [0.25, 0.3) is 33.3 Å². The highest BCUT2D eigenvalue weighted by Gasteiger charge is 2.41. The van der Waals surface area contributed by atoms with E-state index in [9.17, 15) is 4.39 Å². The number of fused-ring (bicyclic) bond motifs is 5. The lowest BCUT2D eigenvalue weighted by Crippen LogP contribution is -2.47. The third-order valence-electron chi connectivity index (χ3n) is 7.53. The second kappa shape index (κ2) is 7.01. The Morgan fingerprint density at radius 2 is 1.84 bits per heavy atom. The molecule has 0 radical (unpaired) electrons. The van der Waals surface area contributed by atoms with E-state index in [0.717, 1.165) is 33.8 Å². The van der Waals surface area contributed by atoms with Gasteiger partial charge in [-0.3, -0.25) is 0 Å². The molecule has 2 atom stereocenters. The van der Waals surface area contributed by atoms with E-state index in [2.05, 4.69) is 47.3 Å². The molecule has 2 bridgehead atoms. The van der Waals surface area contributed by atoms with E-state index in [1.54, 1.807) is 0 Å². The van der Waals surface area contributed by atoms with Gasteiger partial charge in [0.05, 0.1) is 11.7 Å². The van der Waals surface area contributed by atoms with E-state index >= 15 is 0 Å². The van der Waals surface area contributed by atoms with Crippen molar-refractivity contribution in [3.05, 3.63) is 48.0 Å². The van der Waals surface area contributed by atoms with Crippen molar-refractivity contribution in [2.45, 2.75) is 45.6 Å². The van der Waals surface area contributed by atoms with Gasteiger partial charge in [-0.2, -0.15) is 0 Å². The van der Waals surface area contributed by atoms with Crippen LogP contribution in [0.5, 0.6) is 0 Å². The van der Waals surface area contributed by atoms with Crippen LogP contribution in [-0.4, -0.2) is 26.0 Å². The highest BCUT2D eigenvalue weighted by Crippen LogP contribution is 2.46. The average Bonchev–Trinajstić information content (AvgIpc) is 3.19. The molecule has 5 nitrogen and oxygen atoms in total. The first-order valence-corrected chi connectivity index (χ1v) is 11.2. The molecule has 7 rings (SSSR count). The number of nitrogens with one attached hydrogen (secondary N) is 2. The third kappa shape index (κ3) is 3.08. The smallest absolute Gasteiger partial charge is 0.164 e. The molecule has 0 amide bonds. The van der Waals surface area contributed by atoms with Gasteiger partial charge >= 0.3 is 0 Å². The minimum absolute atomic E-state index is 0.365. The molecule has 3 heterocycles. The molecule has 2 unspecified atom stereocenters. The average molecular weight is 416 g/mol. The maximum absolute atomic E-state index is 13.9. The summed E-state index contributed by atoms with van der Waals surface area (Å²) in [6.07, 6.45) is 8.35. The molecular formula is C25H26FN5. The molecule has 3 aliphatic carbocycles. The number of hydrogen-bond acceptors (Lipinski definition) is 4. The summed E-state index contributed by atoms with van der Waals surface area (Å²) < 4.78 is 13.9. The first kappa shape index (κ1) is 18.7. The fourth-order valence-corrected chi connectivity index (χ4v) is 5.79. The number of aryl methyl sites for hydroxylation is 1. The van der Waals surface area contributed by atoms with Gasteiger partial charge in [0.2, 0.25) is 0 Å². The molecule has 3 saturated carbocycles. The Morgan fingerprint density at radius 3 is 2.65 bits per heavy atom. The lowest BCUT2D eigenvalue weighted by molar-refractivity contribution is 0.0929. The summed E-state index contributed by atoms with van der Waals surface area (Å²) in [5.41, 5.74) is 3.46.